The fourth-order valence-electron chi connectivity index (χ4n) is 2.19. The molecule has 0 rings (SSSR count). The lowest BCUT2D eigenvalue weighted by molar-refractivity contribution is 0.562. The highest BCUT2D eigenvalue weighted by Crippen LogP contribution is 2.10. The third kappa shape index (κ3) is 14.3. The molecule has 0 amide bonds. The van der Waals surface area contributed by atoms with Gasteiger partial charge in [-0.25, -0.2) is 0 Å². The minimum atomic E-state index is -0.688. The topological polar surface area (TPSA) is 43.1 Å². The van der Waals surface area contributed by atoms with Crippen LogP contribution in [0.3, 0.4) is 0 Å². The van der Waals surface area contributed by atoms with Gasteiger partial charge in [-0.3, -0.25) is 4.21 Å². The van der Waals surface area contributed by atoms with Crippen molar-refractivity contribution in [2.75, 3.05) is 11.5 Å². The fraction of sp³-hybridized carbons (Fsp3) is 1.00. The van der Waals surface area contributed by atoms with Crippen LogP contribution in [-0.4, -0.2) is 21.8 Å². The van der Waals surface area contributed by atoms with E-state index in [9.17, 15) is 4.21 Å². The van der Waals surface area contributed by atoms with Crippen molar-refractivity contribution in [3.63, 3.8) is 0 Å². The fourth-order valence-corrected chi connectivity index (χ4v) is 3.60. The van der Waals surface area contributed by atoms with Gasteiger partial charge in [0.2, 0.25) is 0 Å². The summed E-state index contributed by atoms with van der Waals surface area (Å²) in [5.74, 6) is 1.54. The minimum absolute atomic E-state index is 0.129. The summed E-state index contributed by atoms with van der Waals surface area (Å²) in [4.78, 5) is 0. The van der Waals surface area contributed by atoms with Crippen molar-refractivity contribution >= 4 is 10.8 Å². The maximum absolute atomic E-state index is 11.7. The Balaban J connectivity index is 3.16. The summed E-state index contributed by atoms with van der Waals surface area (Å²) in [6, 6.07) is 0.129. The lowest BCUT2D eigenvalue weighted by Gasteiger charge is -2.08. The van der Waals surface area contributed by atoms with Gasteiger partial charge in [-0.1, -0.05) is 71.6 Å². The molecule has 0 aromatic carbocycles. The van der Waals surface area contributed by atoms with E-state index in [0.29, 0.717) is 5.75 Å². The van der Waals surface area contributed by atoms with Gasteiger partial charge in [0.1, 0.15) is 0 Å². The molecule has 3 heteroatoms. The largest absolute Gasteiger partial charge is 0.327 e. The van der Waals surface area contributed by atoms with Crippen LogP contribution in [0.25, 0.3) is 0 Å². The van der Waals surface area contributed by atoms with Gasteiger partial charge in [-0.15, -0.1) is 0 Å². The lowest BCUT2D eigenvalue weighted by atomic mass is 10.1. The Morgan fingerprint density at radius 3 is 1.79 bits per heavy atom. The van der Waals surface area contributed by atoms with Crippen molar-refractivity contribution in [2.24, 2.45) is 5.73 Å². The molecule has 2 N–H and O–H groups in total. The number of rotatable bonds is 14. The van der Waals surface area contributed by atoms with E-state index < -0.39 is 10.8 Å². The Labute approximate surface area is 123 Å². The second-order valence-corrected chi connectivity index (χ2v) is 7.28. The first-order valence-electron chi connectivity index (χ1n) is 8.31. The molecule has 0 heterocycles. The van der Waals surface area contributed by atoms with Crippen LogP contribution in [0.15, 0.2) is 0 Å². The van der Waals surface area contributed by atoms with Crippen LogP contribution in [0.1, 0.15) is 84.5 Å². The van der Waals surface area contributed by atoms with Gasteiger partial charge >= 0.3 is 0 Å². The normalized spacial score (nSPS) is 14.5. The van der Waals surface area contributed by atoms with E-state index >= 15 is 0 Å². The van der Waals surface area contributed by atoms with E-state index in [2.05, 4.69) is 13.8 Å². The van der Waals surface area contributed by atoms with Gasteiger partial charge in [0.15, 0.2) is 0 Å². The number of unbranched alkanes of at least 4 members (excludes halogenated alkanes) is 9. The molecule has 0 saturated carbocycles. The van der Waals surface area contributed by atoms with E-state index in [1.54, 1.807) is 0 Å². The average molecular weight is 290 g/mol. The molecule has 0 aromatic rings. The lowest BCUT2D eigenvalue weighted by Crippen LogP contribution is -2.26. The molecule has 116 valence electrons. The molecular weight excluding hydrogens is 254 g/mol. The zero-order valence-electron chi connectivity index (χ0n) is 13.2. The number of hydrogen-bond donors (Lipinski definition) is 1. The molecule has 0 aromatic heterocycles. The van der Waals surface area contributed by atoms with Crippen molar-refractivity contribution in [2.45, 2.75) is 90.5 Å². The first-order chi connectivity index (χ1) is 9.20. The Bertz CT molecular complexity index is 209. The molecule has 2 nitrogen and oxygen atoms in total. The molecule has 0 aliphatic rings. The molecule has 0 bridgehead atoms. The first-order valence-corrected chi connectivity index (χ1v) is 9.80. The highest BCUT2D eigenvalue weighted by molar-refractivity contribution is 7.85. The Morgan fingerprint density at radius 2 is 1.32 bits per heavy atom. The molecule has 0 aliphatic heterocycles. The van der Waals surface area contributed by atoms with Crippen LogP contribution in [0, 0.1) is 0 Å². The van der Waals surface area contributed by atoms with Crippen molar-refractivity contribution in [3.8, 4) is 0 Å². The van der Waals surface area contributed by atoms with E-state index in [1.165, 1.54) is 57.8 Å². The van der Waals surface area contributed by atoms with Crippen LogP contribution in [0.4, 0.5) is 0 Å². The van der Waals surface area contributed by atoms with Gasteiger partial charge in [-0.2, -0.15) is 0 Å². The second kappa shape index (κ2) is 14.5. The van der Waals surface area contributed by atoms with Crippen LogP contribution in [-0.2, 0) is 10.8 Å². The van der Waals surface area contributed by atoms with Crippen molar-refractivity contribution in [3.05, 3.63) is 0 Å². The van der Waals surface area contributed by atoms with Crippen LogP contribution in [0.5, 0.6) is 0 Å². The van der Waals surface area contributed by atoms with Gasteiger partial charge in [0.05, 0.1) is 0 Å². The van der Waals surface area contributed by atoms with Gasteiger partial charge in [0.25, 0.3) is 0 Å². The summed E-state index contributed by atoms with van der Waals surface area (Å²) in [6.07, 6.45) is 14.3. The summed E-state index contributed by atoms with van der Waals surface area (Å²) in [6.45, 7) is 4.32. The van der Waals surface area contributed by atoms with Crippen LogP contribution >= 0.6 is 0 Å². The molecule has 0 saturated heterocycles. The zero-order chi connectivity index (χ0) is 14.3. The Kier molecular flexibility index (Phi) is 14.6. The molecule has 0 radical (unpaired) electrons. The smallest absolute Gasteiger partial charge is 0.0386 e. The molecule has 0 fully saturated rings. The van der Waals surface area contributed by atoms with Crippen molar-refractivity contribution in [1.82, 2.24) is 0 Å². The third-order valence-electron chi connectivity index (χ3n) is 3.65. The highest BCUT2D eigenvalue weighted by Gasteiger charge is 2.05. The third-order valence-corrected chi connectivity index (χ3v) is 5.19. The molecule has 0 spiro atoms. The maximum Gasteiger partial charge on any atom is 0.0386 e. The average Bonchev–Trinajstić information content (AvgIpc) is 2.40. The second-order valence-electron chi connectivity index (χ2n) is 5.66. The summed E-state index contributed by atoms with van der Waals surface area (Å²) < 4.78 is 11.7. The zero-order valence-corrected chi connectivity index (χ0v) is 14.0. The van der Waals surface area contributed by atoms with Crippen molar-refractivity contribution in [1.29, 1.82) is 0 Å². The van der Waals surface area contributed by atoms with Crippen molar-refractivity contribution < 1.29 is 4.21 Å². The van der Waals surface area contributed by atoms with E-state index in [0.717, 1.165) is 18.6 Å². The molecule has 19 heavy (non-hydrogen) atoms. The van der Waals surface area contributed by atoms with Gasteiger partial charge < -0.3 is 5.73 Å². The van der Waals surface area contributed by atoms with E-state index in [-0.39, 0.29) is 6.04 Å². The number of nitrogens with two attached hydrogens (primary N) is 1. The van der Waals surface area contributed by atoms with E-state index in [4.69, 9.17) is 5.73 Å². The summed E-state index contributed by atoms with van der Waals surface area (Å²) in [7, 11) is -0.688. The Hall–Kier alpha value is 0.110. The molecule has 0 aliphatic carbocycles. The first kappa shape index (κ1) is 19.1. The van der Waals surface area contributed by atoms with Crippen LogP contribution < -0.4 is 5.73 Å². The SMILES string of the molecule is CCCCCCCCCCCCS(=O)CC(N)CC. The Morgan fingerprint density at radius 1 is 0.842 bits per heavy atom. The molecule has 2 atom stereocenters. The maximum atomic E-state index is 11.7. The standard InChI is InChI=1S/C16H35NOS/c1-3-5-6-7-8-9-10-11-12-13-14-19(18)15-16(17)4-2/h16H,3-15,17H2,1-2H3. The summed E-state index contributed by atoms with van der Waals surface area (Å²) >= 11 is 0. The molecular formula is C16H35NOS. The van der Waals surface area contributed by atoms with Crippen LogP contribution in [0.2, 0.25) is 0 Å². The molecule has 2 unspecified atom stereocenters. The summed E-state index contributed by atoms with van der Waals surface area (Å²) in [5, 5.41) is 0. The monoisotopic (exact) mass is 289 g/mol. The predicted molar refractivity (Wildman–Crippen MR) is 88.0 cm³/mol. The van der Waals surface area contributed by atoms with E-state index in [1.807, 2.05) is 0 Å². The predicted octanol–water partition coefficient (Wildman–Crippen LogP) is 4.39. The quantitative estimate of drug-likeness (QED) is 0.482. The van der Waals surface area contributed by atoms with Gasteiger partial charge in [-0.05, 0) is 12.8 Å². The highest BCUT2D eigenvalue weighted by atomic mass is 32.2. The minimum Gasteiger partial charge on any atom is -0.327 e. The van der Waals surface area contributed by atoms with Gasteiger partial charge in [0, 0.05) is 28.3 Å². The summed E-state index contributed by atoms with van der Waals surface area (Å²) in [5.41, 5.74) is 5.80. The number of hydrogen-bond acceptors (Lipinski definition) is 2.